The van der Waals surface area contributed by atoms with E-state index in [4.69, 9.17) is 9.73 Å². The van der Waals surface area contributed by atoms with Crippen molar-refractivity contribution in [3.63, 3.8) is 0 Å². The number of nitrogens with one attached hydrogen (secondary N) is 2. The lowest BCUT2D eigenvalue weighted by Gasteiger charge is -2.35. The van der Waals surface area contributed by atoms with Gasteiger partial charge in [-0.1, -0.05) is 19.1 Å². The molecule has 1 aliphatic rings. The minimum absolute atomic E-state index is 0.193. The molecule has 0 atom stereocenters. The van der Waals surface area contributed by atoms with Crippen LogP contribution in [0.5, 0.6) is 0 Å². The fourth-order valence-corrected chi connectivity index (χ4v) is 4.16. The molecule has 1 aromatic rings. The summed E-state index contributed by atoms with van der Waals surface area (Å²) in [5, 5.41) is 6.70. The second kappa shape index (κ2) is 10.7. The van der Waals surface area contributed by atoms with Crippen molar-refractivity contribution in [2.45, 2.75) is 37.9 Å². The Kier molecular flexibility index (Phi) is 8.55. The Hall–Kier alpha value is -1.27. The maximum Gasteiger partial charge on any atom is 0.191 e. The molecule has 2 rings (SSSR count). The largest absolute Gasteiger partial charge is 0.381 e. The van der Waals surface area contributed by atoms with Gasteiger partial charge in [0.2, 0.25) is 0 Å². The Labute approximate surface area is 155 Å². The van der Waals surface area contributed by atoms with Gasteiger partial charge in [-0.3, -0.25) is 4.99 Å². The van der Waals surface area contributed by atoms with Gasteiger partial charge in [-0.15, -0.1) is 0 Å². The predicted molar refractivity (Wildman–Crippen MR) is 105 cm³/mol. The number of ether oxygens (including phenoxy) is 1. The van der Waals surface area contributed by atoms with Gasteiger partial charge in [0.15, 0.2) is 5.96 Å². The van der Waals surface area contributed by atoms with Crippen LogP contribution in [0.3, 0.4) is 0 Å². The summed E-state index contributed by atoms with van der Waals surface area (Å²) >= 11 is 2.00. The van der Waals surface area contributed by atoms with Crippen molar-refractivity contribution in [2.24, 2.45) is 4.99 Å². The van der Waals surface area contributed by atoms with Gasteiger partial charge in [0.05, 0.1) is 6.54 Å². The van der Waals surface area contributed by atoms with Crippen LogP contribution in [-0.2, 0) is 11.2 Å². The smallest absolute Gasteiger partial charge is 0.191 e. The summed E-state index contributed by atoms with van der Waals surface area (Å²) in [6.45, 7) is 8.35. The SMILES string of the molecule is CCNC(=NCC1(SCC)CCOCC1)NCCc1ccc(F)cc1. The van der Waals surface area contributed by atoms with Crippen LogP contribution in [-0.4, -0.2) is 49.3 Å². The van der Waals surface area contributed by atoms with E-state index in [-0.39, 0.29) is 10.6 Å². The summed E-state index contributed by atoms with van der Waals surface area (Å²) < 4.78 is 18.7. The van der Waals surface area contributed by atoms with Crippen LogP contribution >= 0.6 is 11.8 Å². The van der Waals surface area contributed by atoms with Gasteiger partial charge in [0.25, 0.3) is 0 Å². The highest BCUT2D eigenvalue weighted by molar-refractivity contribution is 8.00. The number of hydrogen-bond donors (Lipinski definition) is 2. The molecule has 1 aliphatic heterocycles. The second-order valence-electron chi connectivity index (χ2n) is 6.23. The molecule has 1 fully saturated rings. The lowest BCUT2D eigenvalue weighted by Crippen LogP contribution is -2.41. The highest BCUT2D eigenvalue weighted by atomic mass is 32.2. The van der Waals surface area contributed by atoms with Gasteiger partial charge >= 0.3 is 0 Å². The van der Waals surface area contributed by atoms with Crippen molar-refractivity contribution >= 4 is 17.7 Å². The number of guanidine groups is 1. The van der Waals surface area contributed by atoms with Gasteiger partial charge in [0.1, 0.15) is 5.82 Å². The fourth-order valence-electron chi connectivity index (χ4n) is 2.94. The van der Waals surface area contributed by atoms with E-state index >= 15 is 0 Å². The highest BCUT2D eigenvalue weighted by Gasteiger charge is 2.32. The number of halogens is 1. The zero-order chi connectivity index (χ0) is 18.0. The summed E-state index contributed by atoms with van der Waals surface area (Å²) in [5.74, 6) is 1.76. The summed E-state index contributed by atoms with van der Waals surface area (Å²) in [7, 11) is 0. The van der Waals surface area contributed by atoms with Crippen LogP contribution in [0.1, 0.15) is 32.3 Å². The average molecular weight is 368 g/mol. The molecule has 0 unspecified atom stereocenters. The van der Waals surface area contributed by atoms with Crippen LogP contribution < -0.4 is 10.6 Å². The van der Waals surface area contributed by atoms with Crippen molar-refractivity contribution < 1.29 is 9.13 Å². The first-order valence-corrected chi connectivity index (χ1v) is 10.1. The maximum absolute atomic E-state index is 13.0. The van der Waals surface area contributed by atoms with E-state index < -0.39 is 0 Å². The Morgan fingerprint density at radius 3 is 2.56 bits per heavy atom. The fraction of sp³-hybridized carbons (Fsp3) is 0.632. The first-order chi connectivity index (χ1) is 12.2. The van der Waals surface area contributed by atoms with Crippen LogP contribution in [0.2, 0.25) is 0 Å². The van der Waals surface area contributed by atoms with Gasteiger partial charge in [0, 0.05) is 31.1 Å². The van der Waals surface area contributed by atoms with Gasteiger partial charge < -0.3 is 15.4 Å². The summed E-state index contributed by atoms with van der Waals surface area (Å²) in [5.41, 5.74) is 1.12. The number of nitrogens with zero attached hydrogens (tertiary/aromatic N) is 1. The minimum Gasteiger partial charge on any atom is -0.381 e. The van der Waals surface area contributed by atoms with Crippen molar-refractivity contribution in [1.29, 1.82) is 0 Å². The number of aliphatic imine (C=N–C) groups is 1. The zero-order valence-corrected chi connectivity index (χ0v) is 16.1. The van der Waals surface area contributed by atoms with E-state index in [1.54, 1.807) is 0 Å². The lowest BCUT2D eigenvalue weighted by molar-refractivity contribution is 0.0793. The Bertz CT molecular complexity index is 524. The molecule has 1 aromatic carbocycles. The number of thioether (sulfide) groups is 1. The van der Waals surface area contributed by atoms with Gasteiger partial charge in [-0.25, -0.2) is 4.39 Å². The topological polar surface area (TPSA) is 45.7 Å². The van der Waals surface area contributed by atoms with E-state index in [0.29, 0.717) is 0 Å². The quantitative estimate of drug-likeness (QED) is 0.547. The molecule has 4 nitrogen and oxygen atoms in total. The second-order valence-corrected chi connectivity index (χ2v) is 7.96. The first-order valence-electron chi connectivity index (χ1n) is 9.16. The highest BCUT2D eigenvalue weighted by Crippen LogP contribution is 2.35. The lowest BCUT2D eigenvalue weighted by atomic mass is 9.99. The van der Waals surface area contributed by atoms with Crippen LogP contribution in [0, 0.1) is 5.82 Å². The van der Waals surface area contributed by atoms with Crippen molar-refractivity contribution in [2.75, 3.05) is 38.6 Å². The molecule has 0 aromatic heterocycles. The molecular formula is C19H30FN3OS. The van der Waals surface area contributed by atoms with E-state index in [1.807, 2.05) is 23.9 Å². The van der Waals surface area contributed by atoms with Crippen LogP contribution in [0.15, 0.2) is 29.3 Å². The molecule has 0 bridgehead atoms. The van der Waals surface area contributed by atoms with E-state index in [9.17, 15) is 4.39 Å². The minimum atomic E-state index is -0.193. The molecule has 2 N–H and O–H groups in total. The first kappa shape index (κ1) is 20.0. The van der Waals surface area contributed by atoms with Gasteiger partial charge in [-0.2, -0.15) is 11.8 Å². The predicted octanol–water partition coefficient (Wildman–Crippen LogP) is 3.23. The monoisotopic (exact) mass is 367 g/mol. The van der Waals surface area contributed by atoms with Crippen molar-refractivity contribution in [1.82, 2.24) is 10.6 Å². The molecule has 140 valence electrons. The van der Waals surface area contributed by atoms with E-state index in [0.717, 1.165) is 69.4 Å². The molecule has 0 spiro atoms. The number of hydrogen-bond acceptors (Lipinski definition) is 3. The summed E-state index contributed by atoms with van der Waals surface area (Å²) in [6, 6.07) is 6.67. The molecule has 1 saturated heterocycles. The van der Waals surface area contributed by atoms with Crippen LogP contribution in [0.4, 0.5) is 4.39 Å². The molecule has 0 aliphatic carbocycles. The summed E-state index contributed by atoms with van der Waals surface area (Å²) in [4.78, 5) is 4.83. The van der Waals surface area contributed by atoms with Crippen molar-refractivity contribution in [3.05, 3.63) is 35.6 Å². The van der Waals surface area contributed by atoms with Gasteiger partial charge in [-0.05, 0) is 49.6 Å². The zero-order valence-electron chi connectivity index (χ0n) is 15.3. The average Bonchev–Trinajstić information content (AvgIpc) is 2.62. The molecule has 0 amide bonds. The Balaban J connectivity index is 1.89. The molecule has 0 saturated carbocycles. The van der Waals surface area contributed by atoms with E-state index in [1.165, 1.54) is 12.1 Å². The third-order valence-corrected chi connectivity index (χ3v) is 5.78. The Morgan fingerprint density at radius 2 is 1.92 bits per heavy atom. The Morgan fingerprint density at radius 1 is 1.20 bits per heavy atom. The third-order valence-electron chi connectivity index (χ3n) is 4.34. The normalized spacial score (nSPS) is 17.3. The molecule has 0 radical (unpaired) electrons. The summed E-state index contributed by atoms with van der Waals surface area (Å²) in [6.07, 6.45) is 2.96. The van der Waals surface area contributed by atoms with E-state index in [2.05, 4.69) is 24.5 Å². The molecule has 1 heterocycles. The number of benzene rings is 1. The maximum atomic E-state index is 13.0. The molecule has 6 heteroatoms. The van der Waals surface area contributed by atoms with Crippen molar-refractivity contribution in [3.8, 4) is 0 Å². The molecule has 25 heavy (non-hydrogen) atoms. The third kappa shape index (κ3) is 6.86. The number of rotatable bonds is 8. The standard InChI is InChI=1S/C19H30FN3OS/c1-3-21-18(22-12-9-16-5-7-17(20)8-6-16)23-15-19(25-4-2)10-13-24-14-11-19/h5-8H,3-4,9-15H2,1-2H3,(H2,21,22,23). The van der Waals surface area contributed by atoms with Crippen LogP contribution in [0.25, 0.3) is 0 Å². The molecular weight excluding hydrogens is 337 g/mol.